The molecule has 2 amide bonds. The number of thioether (sulfide) groups is 1. The highest BCUT2D eigenvalue weighted by Crippen LogP contribution is 2.34. The Morgan fingerprint density at radius 1 is 1.12 bits per heavy atom. The molecule has 1 aliphatic carbocycles. The van der Waals surface area contributed by atoms with Gasteiger partial charge in [-0.25, -0.2) is 4.98 Å². The number of carbonyl (C=O) groups excluding carboxylic acids is 2. The van der Waals surface area contributed by atoms with E-state index < -0.39 is 17.8 Å². The van der Waals surface area contributed by atoms with Gasteiger partial charge >= 0.3 is 5.97 Å². The first kappa shape index (κ1) is 24.0. The Hall–Kier alpha value is -3.11. The number of nitrogens with one attached hydrogen (secondary N) is 2. The van der Waals surface area contributed by atoms with Crippen LogP contribution in [0.15, 0.2) is 46.8 Å². The average molecular weight is 500 g/mol. The molecule has 0 saturated heterocycles. The predicted octanol–water partition coefficient (Wildman–Crippen LogP) is 4.87. The van der Waals surface area contributed by atoms with Gasteiger partial charge in [0, 0.05) is 5.69 Å². The zero-order valence-electron chi connectivity index (χ0n) is 18.6. The minimum Gasteiger partial charge on any atom is -0.495 e. The maximum atomic E-state index is 12.8. The van der Waals surface area contributed by atoms with Crippen molar-refractivity contribution >= 4 is 62.5 Å². The molecule has 0 aliphatic heterocycles. The van der Waals surface area contributed by atoms with Crippen LogP contribution in [0.3, 0.4) is 0 Å². The number of thiazole rings is 1. The maximum Gasteiger partial charge on any atom is 0.307 e. The van der Waals surface area contributed by atoms with Crippen LogP contribution < -0.4 is 15.4 Å². The van der Waals surface area contributed by atoms with Crippen molar-refractivity contribution < 1.29 is 24.2 Å². The smallest absolute Gasteiger partial charge is 0.307 e. The number of carboxylic acid groups (broad SMARTS) is 1. The topological polar surface area (TPSA) is 118 Å². The van der Waals surface area contributed by atoms with Gasteiger partial charge in [0.25, 0.3) is 0 Å². The van der Waals surface area contributed by atoms with Crippen LogP contribution in [-0.4, -0.2) is 40.7 Å². The fourth-order valence-corrected chi connectivity index (χ4v) is 5.99. The molecule has 0 bridgehead atoms. The van der Waals surface area contributed by atoms with Crippen LogP contribution in [0.5, 0.6) is 5.75 Å². The van der Waals surface area contributed by atoms with Gasteiger partial charge in [-0.3, -0.25) is 14.4 Å². The summed E-state index contributed by atoms with van der Waals surface area (Å²) in [6.07, 6.45) is 2.82. The number of nitrogens with zero attached hydrogens (tertiary/aromatic N) is 1. The van der Waals surface area contributed by atoms with Crippen molar-refractivity contribution in [1.82, 2.24) is 4.98 Å². The lowest BCUT2D eigenvalue weighted by Gasteiger charge is -2.27. The molecule has 1 aliphatic rings. The van der Waals surface area contributed by atoms with E-state index in [0.717, 1.165) is 27.4 Å². The number of methoxy groups -OCH3 is 1. The van der Waals surface area contributed by atoms with Crippen LogP contribution in [0.4, 0.5) is 11.4 Å². The van der Waals surface area contributed by atoms with Gasteiger partial charge in [0.05, 0.1) is 40.6 Å². The van der Waals surface area contributed by atoms with Gasteiger partial charge in [-0.1, -0.05) is 36.7 Å². The number of fused-ring (bicyclic) bond motifs is 1. The second-order valence-corrected chi connectivity index (χ2v) is 10.3. The third kappa shape index (κ3) is 5.68. The van der Waals surface area contributed by atoms with E-state index in [-0.39, 0.29) is 17.6 Å². The predicted molar refractivity (Wildman–Crippen MR) is 134 cm³/mol. The normalized spacial score (nSPS) is 17.8. The molecule has 0 unspecified atom stereocenters. The number of amides is 2. The maximum absolute atomic E-state index is 12.8. The lowest BCUT2D eigenvalue weighted by Crippen LogP contribution is -2.36. The Balaban J connectivity index is 1.37. The minimum atomic E-state index is -0.908. The fourth-order valence-electron chi connectivity index (χ4n) is 4.08. The molecule has 0 radical (unpaired) electrons. The lowest BCUT2D eigenvalue weighted by atomic mass is 9.78. The third-order valence-electron chi connectivity index (χ3n) is 5.76. The van der Waals surface area contributed by atoms with Crippen LogP contribution in [0.25, 0.3) is 10.2 Å². The Kier molecular flexibility index (Phi) is 7.69. The zero-order valence-corrected chi connectivity index (χ0v) is 20.2. The summed E-state index contributed by atoms with van der Waals surface area (Å²) >= 11 is 2.77. The Morgan fingerprint density at radius 2 is 1.88 bits per heavy atom. The number of aliphatic carboxylic acids is 1. The number of ether oxygens (including phenoxy) is 1. The summed E-state index contributed by atoms with van der Waals surface area (Å²) in [5.41, 5.74) is 2.00. The Bertz CT molecular complexity index is 1210. The number of benzene rings is 2. The molecule has 8 nitrogen and oxygen atoms in total. The number of rotatable bonds is 8. The second-order valence-electron chi connectivity index (χ2n) is 8.02. The minimum absolute atomic E-state index is 0.165. The van der Waals surface area contributed by atoms with E-state index in [1.807, 2.05) is 24.3 Å². The standard InChI is InChI=1S/C24H25N3O5S2/c1-32-19-9-5-4-8-17(19)26-21(28)13-33-24-27-18-11-10-14(12-20(18)34-24)25-22(29)15-6-2-3-7-16(15)23(30)31/h4-5,8-12,15-16H,2-3,6-7,13H2,1H3,(H,25,29)(H,26,28)(H,30,31)/t15-,16+/m0/s1. The molecule has 2 atom stereocenters. The van der Waals surface area contributed by atoms with Crippen molar-refractivity contribution in [2.45, 2.75) is 30.0 Å². The van der Waals surface area contributed by atoms with Crippen LogP contribution in [0.2, 0.25) is 0 Å². The van der Waals surface area contributed by atoms with Crippen molar-refractivity contribution in [2.24, 2.45) is 11.8 Å². The van der Waals surface area contributed by atoms with Gasteiger partial charge in [0.2, 0.25) is 11.8 Å². The molecular formula is C24H25N3O5S2. The fraction of sp³-hybridized carbons (Fsp3) is 0.333. The number of hydrogen-bond acceptors (Lipinski definition) is 7. The van der Waals surface area contributed by atoms with Crippen molar-refractivity contribution in [2.75, 3.05) is 23.5 Å². The number of anilines is 2. The number of carboxylic acids is 1. The van der Waals surface area contributed by atoms with Crippen molar-refractivity contribution in [3.63, 3.8) is 0 Å². The van der Waals surface area contributed by atoms with Crippen molar-refractivity contribution in [3.05, 3.63) is 42.5 Å². The summed E-state index contributed by atoms with van der Waals surface area (Å²) in [4.78, 5) is 41.2. The molecule has 2 aromatic carbocycles. The molecular weight excluding hydrogens is 474 g/mol. The van der Waals surface area contributed by atoms with E-state index in [1.165, 1.54) is 23.1 Å². The van der Waals surface area contributed by atoms with E-state index in [0.29, 0.717) is 30.0 Å². The summed E-state index contributed by atoms with van der Waals surface area (Å²) in [7, 11) is 1.55. The SMILES string of the molecule is COc1ccccc1NC(=O)CSc1nc2ccc(NC(=O)[C@H]3CCCC[C@H]3C(=O)O)cc2s1. The number of carbonyl (C=O) groups is 3. The van der Waals surface area contributed by atoms with Crippen LogP contribution in [-0.2, 0) is 14.4 Å². The van der Waals surface area contributed by atoms with E-state index in [4.69, 9.17) is 4.74 Å². The summed E-state index contributed by atoms with van der Waals surface area (Å²) in [5, 5.41) is 15.2. The average Bonchev–Trinajstić information content (AvgIpc) is 3.25. The molecule has 0 spiro atoms. The van der Waals surface area contributed by atoms with Gasteiger partial charge in [-0.2, -0.15) is 0 Å². The molecule has 3 aromatic rings. The molecule has 1 aromatic heterocycles. The van der Waals surface area contributed by atoms with Gasteiger partial charge < -0.3 is 20.5 Å². The molecule has 10 heteroatoms. The van der Waals surface area contributed by atoms with Crippen molar-refractivity contribution in [1.29, 1.82) is 0 Å². The second kappa shape index (κ2) is 10.9. The molecule has 34 heavy (non-hydrogen) atoms. The third-order valence-corrected chi connectivity index (χ3v) is 7.93. The number of aromatic nitrogens is 1. The van der Waals surface area contributed by atoms with E-state index in [9.17, 15) is 19.5 Å². The van der Waals surface area contributed by atoms with Crippen LogP contribution in [0.1, 0.15) is 25.7 Å². The van der Waals surface area contributed by atoms with Crippen LogP contribution >= 0.6 is 23.1 Å². The van der Waals surface area contributed by atoms with Gasteiger partial charge in [0.15, 0.2) is 4.34 Å². The molecule has 1 saturated carbocycles. The Morgan fingerprint density at radius 3 is 2.65 bits per heavy atom. The first-order valence-electron chi connectivity index (χ1n) is 10.9. The summed E-state index contributed by atoms with van der Waals surface area (Å²) in [5.74, 6) is -1.69. The first-order chi connectivity index (χ1) is 16.4. The monoisotopic (exact) mass is 499 g/mol. The Labute approximate surface area is 205 Å². The number of para-hydroxylation sites is 2. The highest BCUT2D eigenvalue weighted by molar-refractivity contribution is 8.01. The highest BCUT2D eigenvalue weighted by atomic mass is 32.2. The molecule has 1 heterocycles. The molecule has 1 fully saturated rings. The molecule has 4 rings (SSSR count). The highest BCUT2D eigenvalue weighted by Gasteiger charge is 2.35. The first-order valence-corrected chi connectivity index (χ1v) is 12.7. The van der Waals surface area contributed by atoms with Gasteiger partial charge in [-0.05, 0) is 43.2 Å². The molecule has 3 N–H and O–H groups in total. The van der Waals surface area contributed by atoms with Gasteiger partial charge in [-0.15, -0.1) is 11.3 Å². The summed E-state index contributed by atoms with van der Waals surface area (Å²) < 4.78 is 6.87. The quantitative estimate of drug-likeness (QED) is 0.379. The zero-order chi connectivity index (χ0) is 24.1. The largest absolute Gasteiger partial charge is 0.495 e. The lowest BCUT2D eigenvalue weighted by molar-refractivity contribution is -0.147. The summed E-state index contributed by atoms with van der Waals surface area (Å²) in [6.45, 7) is 0. The number of hydrogen-bond donors (Lipinski definition) is 3. The van der Waals surface area contributed by atoms with Crippen molar-refractivity contribution in [3.8, 4) is 5.75 Å². The van der Waals surface area contributed by atoms with Gasteiger partial charge in [0.1, 0.15) is 5.75 Å². The van der Waals surface area contributed by atoms with E-state index in [2.05, 4.69) is 15.6 Å². The summed E-state index contributed by atoms with van der Waals surface area (Å²) in [6, 6.07) is 12.6. The molecule has 178 valence electrons. The van der Waals surface area contributed by atoms with E-state index >= 15 is 0 Å². The van der Waals surface area contributed by atoms with Crippen LogP contribution in [0, 0.1) is 11.8 Å². The van der Waals surface area contributed by atoms with E-state index in [1.54, 1.807) is 25.3 Å².